The molecule has 0 spiro atoms. The zero-order valence-corrected chi connectivity index (χ0v) is 10.3. The van der Waals surface area contributed by atoms with Gasteiger partial charge in [0.25, 0.3) is 0 Å². The van der Waals surface area contributed by atoms with Crippen LogP contribution in [0.5, 0.6) is 0 Å². The highest BCUT2D eigenvalue weighted by molar-refractivity contribution is 6.30. The Bertz CT molecular complexity index is 526. The minimum atomic E-state index is -0.431. The first-order valence-electron chi connectivity index (χ1n) is 5.54. The van der Waals surface area contributed by atoms with E-state index in [1.165, 1.54) is 6.07 Å². The normalized spacial score (nSPS) is 10.6. The van der Waals surface area contributed by atoms with Crippen LogP contribution in [-0.2, 0) is 13.1 Å². The second kappa shape index (κ2) is 5.94. The zero-order chi connectivity index (χ0) is 13.0. The third-order valence-corrected chi connectivity index (χ3v) is 2.82. The maximum absolute atomic E-state index is 13.3. The summed E-state index contributed by atoms with van der Waals surface area (Å²) in [6.07, 6.45) is 0. The van der Waals surface area contributed by atoms with Crippen LogP contribution in [0, 0.1) is 11.6 Å². The van der Waals surface area contributed by atoms with E-state index in [1.54, 1.807) is 12.1 Å². The summed E-state index contributed by atoms with van der Waals surface area (Å²) >= 11 is 5.77. The lowest BCUT2D eigenvalue weighted by Gasteiger charge is -2.06. The molecular weight excluding hydrogens is 256 g/mol. The van der Waals surface area contributed by atoms with Gasteiger partial charge in [-0.15, -0.1) is 0 Å². The van der Waals surface area contributed by atoms with Crippen LogP contribution in [0.4, 0.5) is 8.78 Å². The van der Waals surface area contributed by atoms with E-state index < -0.39 is 11.6 Å². The Hall–Kier alpha value is -1.45. The van der Waals surface area contributed by atoms with E-state index in [1.807, 2.05) is 12.1 Å². The van der Waals surface area contributed by atoms with Crippen LogP contribution in [0.25, 0.3) is 0 Å². The summed E-state index contributed by atoms with van der Waals surface area (Å²) in [5.74, 6) is -0.834. The van der Waals surface area contributed by atoms with E-state index in [-0.39, 0.29) is 6.54 Å². The molecule has 1 nitrogen and oxygen atoms in total. The molecular formula is C14H12ClF2N. The molecule has 2 aromatic carbocycles. The predicted molar refractivity (Wildman–Crippen MR) is 68.4 cm³/mol. The Morgan fingerprint density at radius 3 is 2.39 bits per heavy atom. The van der Waals surface area contributed by atoms with Crippen molar-refractivity contribution in [1.29, 1.82) is 0 Å². The van der Waals surface area contributed by atoms with E-state index in [9.17, 15) is 8.78 Å². The topological polar surface area (TPSA) is 12.0 Å². The van der Waals surface area contributed by atoms with E-state index in [2.05, 4.69) is 5.32 Å². The van der Waals surface area contributed by atoms with Gasteiger partial charge in [-0.2, -0.15) is 0 Å². The smallest absolute Gasteiger partial charge is 0.127 e. The summed E-state index contributed by atoms with van der Waals surface area (Å²) in [6.45, 7) is 0.860. The molecule has 0 unspecified atom stereocenters. The third-order valence-electron chi connectivity index (χ3n) is 2.57. The Labute approximate surface area is 109 Å². The SMILES string of the molecule is Fc1ccc(F)c(CNCc2ccc(Cl)cc2)c1. The van der Waals surface area contributed by atoms with Gasteiger partial charge in [-0.25, -0.2) is 8.78 Å². The highest BCUT2D eigenvalue weighted by Gasteiger charge is 2.03. The van der Waals surface area contributed by atoms with Crippen LogP contribution >= 0.6 is 11.6 Å². The first kappa shape index (κ1) is 13.0. The summed E-state index contributed by atoms with van der Waals surface area (Å²) in [5, 5.41) is 3.73. The lowest BCUT2D eigenvalue weighted by Crippen LogP contribution is -2.13. The van der Waals surface area contributed by atoms with Crippen molar-refractivity contribution in [1.82, 2.24) is 5.32 Å². The zero-order valence-electron chi connectivity index (χ0n) is 9.59. The maximum atomic E-state index is 13.3. The average Bonchev–Trinajstić information content (AvgIpc) is 2.36. The Kier molecular flexibility index (Phi) is 4.28. The molecule has 0 aliphatic heterocycles. The third kappa shape index (κ3) is 3.52. The van der Waals surface area contributed by atoms with Gasteiger partial charge in [-0.1, -0.05) is 23.7 Å². The molecule has 0 atom stereocenters. The number of nitrogens with one attached hydrogen (secondary N) is 1. The van der Waals surface area contributed by atoms with Crippen LogP contribution in [0.15, 0.2) is 42.5 Å². The Morgan fingerprint density at radius 1 is 0.944 bits per heavy atom. The van der Waals surface area contributed by atoms with Crippen molar-refractivity contribution in [2.75, 3.05) is 0 Å². The molecule has 18 heavy (non-hydrogen) atoms. The lowest BCUT2D eigenvalue weighted by atomic mass is 10.2. The fourth-order valence-electron chi connectivity index (χ4n) is 1.62. The fourth-order valence-corrected chi connectivity index (χ4v) is 1.75. The van der Waals surface area contributed by atoms with Gasteiger partial charge in [0.1, 0.15) is 11.6 Å². The molecule has 0 saturated carbocycles. The second-order valence-corrected chi connectivity index (χ2v) is 4.40. The summed E-state index contributed by atoms with van der Waals surface area (Å²) < 4.78 is 26.3. The molecule has 94 valence electrons. The van der Waals surface area contributed by atoms with Gasteiger partial charge in [0.2, 0.25) is 0 Å². The predicted octanol–water partition coefficient (Wildman–Crippen LogP) is 3.91. The first-order chi connectivity index (χ1) is 8.65. The highest BCUT2D eigenvalue weighted by atomic mass is 35.5. The highest BCUT2D eigenvalue weighted by Crippen LogP contribution is 2.11. The van der Waals surface area contributed by atoms with Gasteiger partial charge in [0.15, 0.2) is 0 Å². The summed E-state index contributed by atoms with van der Waals surface area (Å²) in [6, 6.07) is 10.8. The molecule has 2 rings (SSSR count). The first-order valence-corrected chi connectivity index (χ1v) is 5.92. The van der Waals surface area contributed by atoms with Crippen molar-refractivity contribution in [3.8, 4) is 0 Å². The van der Waals surface area contributed by atoms with Crippen molar-refractivity contribution in [2.24, 2.45) is 0 Å². The molecule has 0 heterocycles. The molecule has 0 aliphatic carbocycles. The van der Waals surface area contributed by atoms with Gasteiger partial charge in [0, 0.05) is 23.7 Å². The fraction of sp³-hybridized carbons (Fsp3) is 0.143. The molecule has 0 radical (unpaired) electrons. The standard InChI is InChI=1S/C14H12ClF2N/c15-12-3-1-10(2-4-12)8-18-9-11-7-13(16)5-6-14(11)17/h1-7,18H,8-9H2. The minimum absolute atomic E-state index is 0.284. The van der Waals surface area contributed by atoms with Crippen LogP contribution in [-0.4, -0.2) is 0 Å². The number of rotatable bonds is 4. The van der Waals surface area contributed by atoms with Crippen molar-refractivity contribution in [3.63, 3.8) is 0 Å². The number of benzene rings is 2. The molecule has 1 N–H and O–H groups in total. The van der Waals surface area contributed by atoms with Crippen molar-refractivity contribution < 1.29 is 8.78 Å². The van der Waals surface area contributed by atoms with Crippen molar-refractivity contribution in [2.45, 2.75) is 13.1 Å². The van der Waals surface area contributed by atoms with E-state index in [0.29, 0.717) is 17.1 Å². The largest absolute Gasteiger partial charge is 0.309 e. The van der Waals surface area contributed by atoms with Gasteiger partial charge in [-0.05, 0) is 35.9 Å². The van der Waals surface area contributed by atoms with E-state index in [0.717, 1.165) is 17.7 Å². The van der Waals surface area contributed by atoms with Crippen LogP contribution in [0.2, 0.25) is 5.02 Å². The lowest BCUT2D eigenvalue weighted by molar-refractivity contribution is 0.568. The molecule has 0 aromatic heterocycles. The quantitative estimate of drug-likeness (QED) is 0.886. The van der Waals surface area contributed by atoms with Gasteiger partial charge >= 0.3 is 0 Å². The van der Waals surface area contributed by atoms with Crippen LogP contribution < -0.4 is 5.32 Å². The molecule has 0 aliphatic rings. The molecule has 0 fully saturated rings. The molecule has 4 heteroatoms. The van der Waals surface area contributed by atoms with Crippen molar-refractivity contribution in [3.05, 3.63) is 70.2 Å². The van der Waals surface area contributed by atoms with Crippen molar-refractivity contribution >= 4 is 11.6 Å². The second-order valence-electron chi connectivity index (χ2n) is 3.97. The number of hydrogen-bond acceptors (Lipinski definition) is 1. The number of hydrogen-bond donors (Lipinski definition) is 1. The molecule has 2 aromatic rings. The minimum Gasteiger partial charge on any atom is -0.309 e. The average molecular weight is 268 g/mol. The Balaban J connectivity index is 1.92. The van der Waals surface area contributed by atoms with Crippen LogP contribution in [0.1, 0.15) is 11.1 Å². The van der Waals surface area contributed by atoms with Gasteiger partial charge in [-0.3, -0.25) is 0 Å². The summed E-state index contributed by atoms with van der Waals surface area (Å²) in [4.78, 5) is 0. The molecule has 0 bridgehead atoms. The maximum Gasteiger partial charge on any atom is 0.127 e. The van der Waals surface area contributed by atoms with E-state index >= 15 is 0 Å². The van der Waals surface area contributed by atoms with Gasteiger partial charge in [0.05, 0.1) is 0 Å². The molecule has 0 saturated heterocycles. The van der Waals surface area contributed by atoms with Gasteiger partial charge < -0.3 is 5.32 Å². The molecule has 0 amide bonds. The van der Waals surface area contributed by atoms with E-state index in [4.69, 9.17) is 11.6 Å². The summed E-state index contributed by atoms with van der Waals surface area (Å²) in [7, 11) is 0. The number of halogens is 3. The van der Waals surface area contributed by atoms with Crippen LogP contribution in [0.3, 0.4) is 0 Å². The Morgan fingerprint density at radius 2 is 1.67 bits per heavy atom. The summed E-state index contributed by atoms with van der Waals surface area (Å²) in [5.41, 5.74) is 1.36. The monoisotopic (exact) mass is 267 g/mol.